The van der Waals surface area contributed by atoms with Gasteiger partial charge in [0.25, 0.3) is 5.91 Å². The lowest BCUT2D eigenvalue weighted by Gasteiger charge is -2.09. The summed E-state index contributed by atoms with van der Waals surface area (Å²) in [5.41, 5.74) is 1.89. The highest BCUT2D eigenvalue weighted by Gasteiger charge is 2.22. The predicted molar refractivity (Wildman–Crippen MR) is 97.6 cm³/mol. The summed E-state index contributed by atoms with van der Waals surface area (Å²) in [6.07, 6.45) is 3.97. The van der Waals surface area contributed by atoms with Gasteiger partial charge in [-0.1, -0.05) is 6.07 Å². The second kappa shape index (κ2) is 8.02. The van der Waals surface area contributed by atoms with Gasteiger partial charge in [0.2, 0.25) is 0 Å². The number of nitriles is 1. The highest BCUT2D eigenvalue weighted by atomic mass is 32.1. The van der Waals surface area contributed by atoms with Crippen LogP contribution in [0, 0.1) is 11.3 Å². The molecule has 1 aliphatic carbocycles. The van der Waals surface area contributed by atoms with E-state index in [0.29, 0.717) is 21.9 Å². The molecule has 6 nitrogen and oxygen atoms in total. The van der Waals surface area contributed by atoms with Gasteiger partial charge in [0.15, 0.2) is 6.61 Å². The molecule has 0 bridgehead atoms. The number of methoxy groups -OCH3 is 1. The number of fused-ring (bicyclic) bond motifs is 1. The second-order valence-corrected chi connectivity index (χ2v) is 6.99. The second-order valence-electron chi connectivity index (χ2n) is 5.88. The molecule has 7 heteroatoms. The van der Waals surface area contributed by atoms with Crippen molar-refractivity contribution in [2.24, 2.45) is 0 Å². The monoisotopic (exact) mass is 370 g/mol. The van der Waals surface area contributed by atoms with Gasteiger partial charge >= 0.3 is 5.97 Å². The minimum atomic E-state index is -0.606. The maximum absolute atomic E-state index is 12.1. The third-order valence-electron chi connectivity index (χ3n) is 4.18. The fourth-order valence-corrected chi connectivity index (χ4v) is 4.16. The molecule has 26 heavy (non-hydrogen) atoms. The van der Waals surface area contributed by atoms with Crippen LogP contribution in [0.25, 0.3) is 0 Å². The van der Waals surface area contributed by atoms with E-state index in [1.54, 1.807) is 24.3 Å². The zero-order valence-electron chi connectivity index (χ0n) is 14.3. The lowest BCUT2D eigenvalue weighted by molar-refractivity contribution is -0.119. The molecule has 0 unspecified atom stereocenters. The van der Waals surface area contributed by atoms with E-state index >= 15 is 0 Å². The van der Waals surface area contributed by atoms with Gasteiger partial charge < -0.3 is 14.8 Å². The molecule has 1 heterocycles. The Kier molecular flexibility index (Phi) is 5.54. The SMILES string of the molecule is COc1cccc(C(=O)OCC(=O)Nc2sc3c(c2C#N)CCCC3)c1. The topological polar surface area (TPSA) is 88.4 Å². The van der Waals surface area contributed by atoms with Gasteiger partial charge in [0, 0.05) is 4.88 Å². The lowest BCUT2D eigenvalue weighted by atomic mass is 9.96. The fraction of sp³-hybridized carbons (Fsp3) is 0.316. The number of ether oxygens (including phenoxy) is 2. The largest absolute Gasteiger partial charge is 0.497 e. The number of nitrogens with one attached hydrogen (secondary N) is 1. The molecule has 0 aliphatic heterocycles. The average Bonchev–Trinajstić information content (AvgIpc) is 3.02. The number of hydrogen-bond donors (Lipinski definition) is 1. The van der Waals surface area contributed by atoms with E-state index in [1.165, 1.54) is 18.4 Å². The van der Waals surface area contributed by atoms with Crippen LogP contribution in [0.3, 0.4) is 0 Å². The number of carbonyl (C=O) groups is 2. The number of amides is 1. The van der Waals surface area contributed by atoms with Gasteiger partial charge in [-0.3, -0.25) is 4.79 Å². The van der Waals surface area contributed by atoms with Gasteiger partial charge in [-0.15, -0.1) is 11.3 Å². The number of esters is 1. The molecule has 1 amide bonds. The van der Waals surface area contributed by atoms with Crippen LogP contribution in [0.5, 0.6) is 5.75 Å². The summed E-state index contributed by atoms with van der Waals surface area (Å²) in [5.74, 6) is -0.534. The van der Waals surface area contributed by atoms with Gasteiger partial charge in [-0.25, -0.2) is 4.79 Å². The maximum atomic E-state index is 12.1. The Balaban J connectivity index is 1.62. The van der Waals surface area contributed by atoms with E-state index in [0.717, 1.165) is 36.1 Å². The first-order valence-electron chi connectivity index (χ1n) is 8.28. The molecule has 0 atom stereocenters. The summed E-state index contributed by atoms with van der Waals surface area (Å²) >= 11 is 1.44. The van der Waals surface area contributed by atoms with Crippen LogP contribution in [0.4, 0.5) is 5.00 Å². The molecule has 1 N–H and O–H groups in total. The van der Waals surface area contributed by atoms with Crippen molar-refractivity contribution >= 4 is 28.2 Å². The van der Waals surface area contributed by atoms with Crippen molar-refractivity contribution in [2.45, 2.75) is 25.7 Å². The molecule has 1 aromatic heterocycles. The quantitative estimate of drug-likeness (QED) is 0.816. The third kappa shape index (κ3) is 3.86. The molecule has 2 aromatic rings. The molecule has 3 rings (SSSR count). The standard InChI is InChI=1S/C19H18N2O4S/c1-24-13-6-4-5-12(9-13)19(23)25-11-17(22)21-18-15(10-20)14-7-2-3-8-16(14)26-18/h4-6,9H,2-3,7-8,11H2,1H3,(H,21,22). The van der Waals surface area contributed by atoms with Gasteiger partial charge in [-0.05, 0) is 49.4 Å². The summed E-state index contributed by atoms with van der Waals surface area (Å²) < 4.78 is 10.1. The van der Waals surface area contributed by atoms with Crippen LogP contribution >= 0.6 is 11.3 Å². The fourth-order valence-electron chi connectivity index (χ4n) is 2.90. The van der Waals surface area contributed by atoms with Gasteiger partial charge in [0.1, 0.15) is 16.8 Å². The van der Waals surface area contributed by atoms with E-state index in [-0.39, 0.29) is 0 Å². The van der Waals surface area contributed by atoms with E-state index in [1.807, 2.05) is 0 Å². The zero-order valence-corrected chi connectivity index (χ0v) is 15.1. The van der Waals surface area contributed by atoms with Crippen molar-refractivity contribution in [3.05, 3.63) is 45.8 Å². The highest BCUT2D eigenvalue weighted by Crippen LogP contribution is 2.37. The molecule has 134 valence electrons. The summed E-state index contributed by atoms with van der Waals surface area (Å²) in [6.45, 7) is -0.413. The molecule has 0 fully saturated rings. The number of rotatable bonds is 5. The Labute approximate surface area is 155 Å². The summed E-state index contributed by atoms with van der Waals surface area (Å²) in [5, 5.41) is 12.6. The van der Waals surface area contributed by atoms with E-state index in [4.69, 9.17) is 9.47 Å². The Morgan fingerprint density at radius 1 is 1.31 bits per heavy atom. The minimum absolute atomic E-state index is 0.307. The van der Waals surface area contributed by atoms with Crippen molar-refractivity contribution in [3.63, 3.8) is 0 Å². The number of aryl methyl sites for hydroxylation is 1. The van der Waals surface area contributed by atoms with E-state index in [2.05, 4.69) is 11.4 Å². The van der Waals surface area contributed by atoms with Gasteiger partial charge in [-0.2, -0.15) is 5.26 Å². The average molecular weight is 370 g/mol. The number of hydrogen-bond acceptors (Lipinski definition) is 6. The number of benzene rings is 1. The first-order valence-corrected chi connectivity index (χ1v) is 9.09. The van der Waals surface area contributed by atoms with Crippen LogP contribution in [-0.4, -0.2) is 25.6 Å². The van der Waals surface area contributed by atoms with Crippen molar-refractivity contribution in [1.82, 2.24) is 0 Å². The molecule has 0 spiro atoms. The maximum Gasteiger partial charge on any atom is 0.338 e. The Morgan fingerprint density at radius 3 is 2.88 bits per heavy atom. The third-order valence-corrected chi connectivity index (χ3v) is 5.38. The normalized spacial score (nSPS) is 12.6. The van der Waals surface area contributed by atoms with E-state index < -0.39 is 18.5 Å². The zero-order chi connectivity index (χ0) is 18.5. The predicted octanol–water partition coefficient (Wildman–Crippen LogP) is 3.30. The summed E-state index contributed by atoms with van der Waals surface area (Å²) in [7, 11) is 1.51. The summed E-state index contributed by atoms with van der Waals surface area (Å²) in [4.78, 5) is 25.3. The van der Waals surface area contributed by atoms with Crippen LogP contribution in [0.15, 0.2) is 24.3 Å². The van der Waals surface area contributed by atoms with Crippen molar-refractivity contribution in [1.29, 1.82) is 5.26 Å². The Morgan fingerprint density at radius 2 is 2.12 bits per heavy atom. The minimum Gasteiger partial charge on any atom is -0.497 e. The molecule has 0 saturated heterocycles. The smallest absolute Gasteiger partial charge is 0.338 e. The summed E-state index contributed by atoms with van der Waals surface area (Å²) in [6, 6.07) is 8.70. The molecule has 0 radical (unpaired) electrons. The molecular weight excluding hydrogens is 352 g/mol. The van der Waals surface area contributed by atoms with Gasteiger partial charge in [0.05, 0.1) is 18.2 Å². The van der Waals surface area contributed by atoms with Crippen LogP contribution in [0.1, 0.15) is 39.2 Å². The number of thiophene rings is 1. The molecule has 0 saturated carbocycles. The van der Waals surface area contributed by atoms with Crippen molar-refractivity contribution in [3.8, 4) is 11.8 Å². The van der Waals surface area contributed by atoms with Crippen molar-refractivity contribution in [2.75, 3.05) is 19.0 Å². The Hall–Kier alpha value is -2.85. The van der Waals surface area contributed by atoms with Crippen LogP contribution in [-0.2, 0) is 22.4 Å². The molecular formula is C19H18N2O4S. The van der Waals surface area contributed by atoms with Crippen LogP contribution < -0.4 is 10.1 Å². The van der Waals surface area contributed by atoms with E-state index in [9.17, 15) is 14.9 Å². The lowest BCUT2D eigenvalue weighted by Crippen LogP contribution is -2.20. The first-order chi connectivity index (χ1) is 12.6. The number of nitrogens with zero attached hydrogens (tertiary/aromatic N) is 1. The van der Waals surface area contributed by atoms with Crippen molar-refractivity contribution < 1.29 is 19.1 Å². The molecule has 1 aromatic carbocycles. The number of carbonyl (C=O) groups excluding carboxylic acids is 2. The number of anilines is 1. The van der Waals surface area contributed by atoms with Crippen LogP contribution in [0.2, 0.25) is 0 Å². The first kappa shape index (κ1) is 18.0. The Bertz CT molecular complexity index is 882. The molecule has 1 aliphatic rings. The highest BCUT2D eigenvalue weighted by molar-refractivity contribution is 7.16.